The largest absolute Gasteiger partial charge is 0.353 e. The Kier molecular flexibility index (Phi) is 7.44. The normalized spacial score (nSPS) is 20.7. The average molecular weight is 416 g/mol. The fraction of sp³-hybridized carbons (Fsp3) is 0.591. The number of anilines is 1. The predicted molar refractivity (Wildman–Crippen MR) is 116 cm³/mol. The summed E-state index contributed by atoms with van der Waals surface area (Å²) in [5.41, 5.74) is 2.82. The summed E-state index contributed by atoms with van der Waals surface area (Å²) in [6.45, 7) is 11.8. The van der Waals surface area contributed by atoms with Crippen LogP contribution in [-0.4, -0.2) is 90.8 Å². The van der Waals surface area contributed by atoms with Gasteiger partial charge in [0.1, 0.15) is 6.04 Å². The number of nitrogens with one attached hydrogen (secondary N) is 2. The van der Waals surface area contributed by atoms with Crippen molar-refractivity contribution in [3.63, 3.8) is 0 Å². The van der Waals surface area contributed by atoms with E-state index in [4.69, 9.17) is 0 Å². The fourth-order valence-corrected chi connectivity index (χ4v) is 4.20. The van der Waals surface area contributed by atoms with Crippen molar-refractivity contribution in [2.24, 2.45) is 0 Å². The van der Waals surface area contributed by atoms with E-state index in [2.05, 4.69) is 27.4 Å². The highest BCUT2D eigenvalue weighted by Gasteiger charge is 2.35. The van der Waals surface area contributed by atoms with Crippen LogP contribution in [0.5, 0.6) is 0 Å². The van der Waals surface area contributed by atoms with Gasteiger partial charge in [0.15, 0.2) is 0 Å². The molecule has 8 nitrogen and oxygen atoms in total. The molecule has 2 fully saturated rings. The van der Waals surface area contributed by atoms with Gasteiger partial charge in [0.05, 0.1) is 13.0 Å². The van der Waals surface area contributed by atoms with Gasteiger partial charge >= 0.3 is 0 Å². The monoisotopic (exact) mass is 415 g/mol. The molecule has 1 aromatic carbocycles. The van der Waals surface area contributed by atoms with Crippen LogP contribution in [0.2, 0.25) is 0 Å². The van der Waals surface area contributed by atoms with E-state index in [0.29, 0.717) is 25.3 Å². The molecule has 2 heterocycles. The van der Waals surface area contributed by atoms with Crippen molar-refractivity contribution < 1.29 is 14.4 Å². The lowest BCUT2D eigenvalue weighted by atomic mass is 10.1. The Morgan fingerprint density at radius 1 is 1.03 bits per heavy atom. The van der Waals surface area contributed by atoms with Crippen molar-refractivity contribution in [1.82, 2.24) is 20.0 Å². The Morgan fingerprint density at radius 3 is 2.30 bits per heavy atom. The number of aryl methyl sites for hydroxylation is 2. The Bertz CT molecular complexity index is 769. The molecule has 0 bridgehead atoms. The number of hydrogen-bond acceptors (Lipinski definition) is 5. The van der Waals surface area contributed by atoms with Crippen molar-refractivity contribution in [3.05, 3.63) is 29.3 Å². The summed E-state index contributed by atoms with van der Waals surface area (Å²) >= 11 is 0. The van der Waals surface area contributed by atoms with E-state index >= 15 is 0 Å². The zero-order chi connectivity index (χ0) is 21.7. The van der Waals surface area contributed by atoms with Crippen LogP contribution in [0.1, 0.15) is 24.5 Å². The minimum absolute atomic E-state index is 0.0474. The minimum atomic E-state index is -0.769. The van der Waals surface area contributed by atoms with Crippen LogP contribution in [0, 0.1) is 13.8 Å². The third-order valence-electron chi connectivity index (χ3n) is 5.81. The molecule has 1 unspecified atom stereocenters. The first-order valence-corrected chi connectivity index (χ1v) is 10.8. The van der Waals surface area contributed by atoms with E-state index < -0.39 is 6.04 Å². The molecule has 2 aliphatic heterocycles. The summed E-state index contributed by atoms with van der Waals surface area (Å²) in [4.78, 5) is 44.1. The number of hydrogen-bond donors (Lipinski definition) is 2. The molecule has 0 saturated carbocycles. The van der Waals surface area contributed by atoms with Gasteiger partial charge in [-0.2, -0.15) is 0 Å². The van der Waals surface area contributed by atoms with Crippen LogP contribution >= 0.6 is 0 Å². The highest BCUT2D eigenvalue weighted by atomic mass is 16.2. The molecule has 2 saturated heterocycles. The Labute approximate surface area is 178 Å². The van der Waals surface area contributed by atoms with Crippen molar-refractivity contribution in [2.75, 3.05) is 57.7 Å². The van der Waals surface area contributed by atoms with Gasteiger partial charge in [0.2, 0.25) is 17.7 Å². The van der Waals surface area contributed by atoms with E-state index in [-0.39, 0.29) is 24.1 Å². The molecule has 30 heavy (non-hydrogen) atoms. The van der Waals surface area contributed by atoms with E-state index in [9.17, 15) is 14.4 Å². The van der Waals surface area contributed by atoms with Crippen molar-refractivity contribution >= 4 is 23.4 Å². The molecule has 1 atom stereocenters. The molecule has 0 aliphatic carbocycles. The topological polar surface area (TPSA) is 85.0 Å². The van der Waals surface area contributed by atoms with Crippen molar-refractivity contribution in [2.45, 2.75) is 33.2 Å². The third kappa shape index (κ3) is 5.79. The number of carbonyl (C=O) groups excluding carboxylic acids is 3. The smallest absolute Gasteiger partial charge is 0.243 e. The summed E-state index contributed by atoms with van der Waals surface area (Å²) < 4.78 is 0. The second-order valence-corrected chi connectivity index (χ2v) is 8.23. The third-order valence-corrected chi connectivity index (χ3v) is 5.81. The molecule has 3 rings (SSSR count). The molecule has 3 amide bonds. The van der Waals surface area contributed by atoms with Gasteiger partial charge in [-0.15, -0.1) is 0 Å². The van der Waals surface area contributed by atoms with Crippen LogP contribution in [0.15, 0.2) is 18.2 Å². The highest BCUT2D eigenvalue weighted by Crippen LogP contribution is 2.16. The maximum absolute atomic E-state index is 13.0. The van der Waals surface area contributed by atoms with Crippen LogP contribution in [0.3, 0.4) is 0 Å². The number of nitrogens with zero attached hydrogens (tertiary/aromatic N) is 3. The van der Waals surface area contributed by atoms with Crippen LogP contribution in [-0.2, 0) is 14.4 Å². The van der Waals surface area contributed by atoms with E-state index in [1.807, 2.05) is 32.0 Å². The Balaban J connectivity index is 1.60. The summed E-state index contributed by atoms with van der Waals surface area (Å²) in [5, 5.41) is 5.66. The summed E-state index contributed by atoms with van der Waals surface area (Å²) in [5.74, 6) is -0.614. The molecule has 0 spiro atoms. The number of piperazine rings is 2. The van der Waals surface area contributed by atoms with Gasteiger partial charge in [-0.3, -0.25) is 19.3 Å². The number of amides is 3. The highest BCUT2D eigenvalue weighted by molar-refractivity contribution is 5.97. The fourth-order valence-electron chi connectivity index (χ4n) is 4.20. The number of benzene rings is 1. The molecule has 8 heteroatoms. The van der Waals surface area contributed by atoms with Gasteiger partial charge in [-0.1, -0.05) is 13.0 Å². The van der Waals surface area contributed by atoms with Crippen molar-refractivity contribution in [1.29, 1.82) is 0 Å². The Hall–Kier alpha value is -2.45. The molecule has 2 aliphatic rings. The molecule has 1 aromatic rings. The molecule has 2 N–H and O–H groups in total. The van der Waals surface area contributed by atoms with Gasteiger partial charge in [-0.05, 0) is 43.7 Å². The summed E-state index contributed by atoms with van der Waals surface area (Å²) in [6, 6.07) is 5.05. The van der Waals surface area contributed by atoms with E-state index in [1.54, 1.807) is 4.90 Å². The molecule has 164 valence electrons. The first-order valence-electron chi connectivity index (χ1n) is 10.8. The van der Waals surface area contributed by atoms with Crippen molar-refractivity contribution in [3.8, 4) is 0 Å². The molecular formula is C22H33N5O3. The Morgan fingerprint density at radius 2 is 1.67 bits per heavy atom. The minimum Gasteiger partial charge on any atom is -0.353 e. The first kappa shape index (κ1) is 22.2. The summed E-state index contributed by atoms with van der Waals surface area (Å²) in [6.07, 6.45) is -0.0474. The van der Waals surface area contributed by atoms with Gasteiger partial charge in [0.25, 0.3) is 0 Å². The second-order valence-electron chi connectivity index (χ2n) is 8.23. The lowest BCUT2D eigenvalue weighted by molar-refractivity contribution is -0.145. The molecule has 0 aromatic heterocycles. The second kappa shape index (κ2) is 10.0. The lowest BCUT2D eigenvalue weighted by Gasteiger charge is -2.38. The molecular weight excluding hydrogens is 382 g/mol. The zero-order valence-electron chi connectivity index (χ0n) is 18.2. The summed E-state index contributed by atoms with van der Waals surface area (Å²) in [7, 11) is 0. The standard InChI is InChI=1S/C22H33N5O3/c1-4-25-7-9-26(10-8-25)15-21(29)27-6-5-23-22(30)19(27)14-20(28)24-18-12-16(2)11-17(3)13-18/h11-13,19H,4-10,14-15H2,1-3H3,(H,23,30)(H,24,28). The number of rotatable bonds is 6. The number of likely N-dealkylation sites (N-methyl/N-ethyl adjacent to an activating group) is 1. The van der Waals surface area contributed by atoms with E-state index in [0.717, 1.165) is 43.9 Å². The van der Waals surface area contributed by atoms with Crippen LogP contribution in [0.25, 0.3) is 0 Å². The average Bonchev–Trinajstić information content (AvgIpc) is 2.69. The first-order chi connectivity index (χ1) is 14.4. The number of carbonyl (C=O) groups is 3. The quantitative estimate of drug-likeness (QED) is 0.711. The van der Waals surface area contributed by atoms with E-state index in [1.165, 1.54) is 0 Å². The van der Waals surface area contributed by atoms with Gasteiger partial charge < -0.3 is 20.4 Å². The van der Waals surface area contributed by atoms with Gasteiger partial charge in [0, 0.05) is 45.0 Å². The predicted octanol–water partition coefficient (Wildman–Crippen LogP) is 0.597. The van der Waals surface area contributed by atoms with Crippen LogP contribution in [0.4, 0.5) is 5.69 Å². The van der Waals surface area contributed by atoms with Crippen LogP contribution < -0.4 is 10.6 Å². The SMILES string of the molecule is CCN1CCN(CC(=O)N2CCNC(=O)C2CC(=O)Nc2cc(C)cc(C)c2)CC1. The maximum atomic E-state index is 13.0. The maximum Gasteiger partial charge on any atom is 0.243 e. The molecule has 0 radical (unpaired) electrons. The van der Waals surface area contributed by atoms with Gasteiger partial charge in [-0.25, -0.2) is 0 Å². The zero-order valence-corrected chi connectivity index (χ0v) is 18.2. The lowest BCUT2D eigenvalue weighted by Crippen LogP contribution is -2.60.